The molecule has 0 aromatic heterocycles. The zero-order valence-corrected chi connectivity index (χ0v) is 11.8. The van der Waals surface area contributed by atoms with Gasteiger partial charge >= 0.3 is 5.69 Å². The third-order valence-corrected chi connectivity index (χ3v) is 3.64. The van der Waals surface area contributed by atoms with Crippen molar-refractivity contribution < 1.29 is 14.1 Å². The Hall–Kier alpha value is -2.02. The zero-order valence-electron chi connectivity index (χ0n) is 11.8. The highest BCUT2D eigenvalue weighted by atomic mass is 19.1. The molecule has 6 nitrogen and oxygen atoms in total. The van der Waals surface area contributed by atoms with Gasteiger partial charge in [-0.2, -0.15) is 4.39 Å². The topological polar surface area (TPSA) is 75.5 Å². The van der Waals surface area contributed by atoms with Gasteiger partial charge in [0.25, 0.3) is 0 Å². The van der Waals surface area contributed by atoms with E-state index in [0.29, 0.717) is 12.1 Å². The van der Waals surface area contributed by atoms with E-state index in [-0.39, 0.29) is 11.9 Å². The Morgan fingerprint density at radius 3 is 2.71 bits per heavy atom. The molecule has 1 aromatic rings. The monoisotopic (exact) mass is 295 g/mol. The van der Waals surface area contributed by atoms with Gasteiger partial charge in [-0.25, -0.2) is 0 Å². The maximum absolute atomic E-state index is 14.0. The second-order valence-electron chi connectivity index (χ2n) is 5.26. The molecule has 0 radical (unpaired) electrons. The van der Waals surface area contributed by atoms with Gasteiger partial charge < -0.3 is 5.32 Å². The first-order valence-electron chi connectivity index (χ1n) is 6.88. The summed E-state index contributed by atoms with van der Waals surface area (Å²) in [5.41, 5.74) is -0.150. The molecule has 0 unspecified atom stereocenters. The average molecular weight is 295 g/mol. The van der Waals surface area contributed by atoms with Gasteiger partial charge in [-0.15, -0.1) is 0 Å². The van der Waals surface area contributed by atoms with Crippen LogP contribution in [0, 0.1) is 15.9 Å². The Kier molecular flexibility index (Phi) is 4.85. The van der Waals surface area contributed by atoms with Gasteiger partial charge in [0.2, 0.25) is 11.7 Å². The minimum atomic E-state index is -0.758. The van der Waals surface area contributed by atoms with Crippen molar-refractivity contribution in [1.82, 2.24) is 10.2 Å². The van der Waals surface area contributed by atoms with Gasteiger partial charge in [0.05, 0.1) is 4.92 Å². The molecule has 0 atom stereocenters. The fraction of sp³-hybridized carbons (Fsp3) is 0.500. The van der Waals surface area contributed by atoms with Crippen LogP contribution >= 0.6 is 0 Å². The summed E-state index contributed by atoms with van der Waals surface area (Å²) < 4.78 is 14.0. The lowest BCUT2D eigenvalue weighted by Crippen LogP contribution is -2.43. The lowest BCUT2D eigenvalue weighted by molar-refractivity contribution is -0.387. The number of amides is 1. The SMILES string of the molecule is CC(=O)NC1CCN(Cc2cccc([N+](=O)[O-])c2F)CC1. The van der Waals surface area contributed by atoms with Gasteiger partial charge in [-0.05, 0) is 12.8 Å². The zero-order chi connectivity index (χ0) is 15.4. The number of hydrogen-bond acceptors (Lipinski definition) is 4. The number of nitro groups is 1. The Balaban J connectivity index is 1.96. The third-order valence-electron chi connectivity index (χ3n) is 3.64. The number of nitrogens with zero attached hydrogens (tertiary/aromatic N) is 2. The van der Waals surface area contributed by atoms with E-state index in [0.717, 1.165) is 25.9 Å². The number of likely N-dealkylation sites (tertiary alicyclic amines) is 1. The molecule has 0 bridgehead atoms. The van der Waals surface area contributed by atoms with Crippen molar-refractivity contribution in [2.45, 2.75) is 32.4 Å². The molecule has 7 heteroatoms. The van der Waals surface area contributed by atoms with Crippen LogP contribution in [0.3, 0.4) is 0 Å². The van der Waals surface area contributed by atoms with Gasteiger partial charge in [-0.3, -0.25) is 19.8 Å². The molecule has 2 rings (SSSR count). The lowest BCUT2D eigenvalue weighted by Gasteiger charge is -2.32. The summed E-state index contributed by atoms with van der Waals surface area (Å²) in [7, 11) is 0. The van der Waals surface area contributed by atoms with Crippen molar-refractivity contribution in [3.05, 3.63) is 39.7 Å². The summed E-state index contributed by atoms with van der Waals surface area (Å²) >= 11 is 0. The molecule has 1 fully saturated rings. The number of rotatable bonds is 4. The molecule has 1 N–H and O–H groups in total. The fourth-order valence-corrected chi connectivity index (χ4v) is 2.59. The summed E-state index contributed by atoms with van der Waals surface area (Å²) in [6.45, 7) is 3.30. The number of carbonyl (C=O) groups is 1. The van der Waals surface area contributed by atoms with Crippen LogP contribution < -0.4 is 5.32 Å². The first-order valence-corrected chi connectivity index (χ1v) is 6.88. The Morgan fingerprint density at radius 2 is 2.14 bits per heavy atom. The van der Waals surface area contributed by atoms with Crippen molar-refractivity contribution in [3.63, 3.8) is 0 Å². The molecule has 1 aromatic carbocycles. The number of benzene rings is 1. The van der Waals surface area contributed by atoms with Crippen LogP contribution in [0.15, 0.2) is 18.2 Å². The number of nitrogens with one attached hydrogen (secondary N) is 1. The third kappa shape index (κ3) is 3.98. The number of piperidine rings is 1. The largest absolute Gasteiger partial charge is 0.354 e. The van der Waals surface area contributed by atoms with Crippen LogP contribution in [-0.2, 0) is 11.3 Å². The van der Waals surface area contributed by atoms with Gasteiger partial charge in [0.15, 0.2) is 0 Å². The molecule has 1 saturated heterocycles. The Labute approximate surface area is 122 Å². The van der Waals surface area contributed by atoms with Crippen LogP contribution in [0.25, 0.3) is 0 Å². The van der Waals surface area contributed by atoms with Crippen LogP contribution in [0.1, 0.15) is 25.3 Å². The van der Waals surface area contributed by atoms with E-state index in [2.05, 4.69) is 5.32 Å². The predicted molar refractivity (Wildman–Crippen MR) is 75.2 cm³/mol. The van der Waals surface area contributed by atoms with Crippen molar-refractivity contribution in [3.8, 4) is 0 Å². The molecular formula is C14H18FN3O3. The second kappa shape index (κ2) is 6.62. The van der Waals surface area contributed by atoms with E-state index in [1.807, 2.05) is 4.90 Å². The second-order valence-corrected chi connectivity index (χ2v) is 5.26. The first-order chi connectivity index (χ1) is 9.97. The van der Waals surface area contributed by atoms with E-state index in [1.165, 1.54) is 19.1 Å². The average Bonchev–Trinajstić information content (AvgIpc) is 2.42. The highest BCUT2D eigenvalue weighted by Gasteiger charge is 2.23. The Bertz CT molecular complexity index is 542. The molecule has 114 valence electrons. The quantitative estimate of drug-likeness (QED) is 0.679. The van der Waals surface area contributed by atoms with Crippen molar-refractivity contribution in [1.29, 1.82) is 0 Å². The molecule has 21 heavy (non-hydrogen) atoms. The number of hydrogen-bond donors (Lipinski definition) is 1. The minimum absolute atomic E-state index is 0.0434. The lowest BCUT2D eigenvalue weighted by atomic mass is 10.0. The fourth-order valence-electron chi connectivity index (χ4n) is 2.59. The number of nitro benzene ring substituents is 1. The standard InChI is InChI=1S/C14H18FN3O3/c1-10(19)16-12-5-7-17(8-6-12)9-11-3-2-4-13(14(11)15)18(20)21/h2-4,12H,5-9H2,1H3,(H,16,19). The van der Waals surface area contributed by atoms with E-state index < -0.39 is 16.4 Å². The normalized spacial score (nSPS) is 16.7. The van der Waals surface area contributed by atoms with Gasteiger partial charge in [0, 0.05) is 44.2 Å². The first kappa shape index (κ1) is 15.4. The van der Waals surface area contributed by atoms with E-state index >= 15 is 0 Å². The van der Waals surface area contributed by atoms with E-state index in [1.54, 1.807) is 6.07 Å². The van der Waals surface area contributed by atoms with Crippen LogP contribution in [-0.4, -0.2) is 34.9 Å². The van der Waals surface area contributed by atoms with Gasteiger partial charge in [-0.1, -0.05) is 12.1 Å². The highest BCUT2D eigenvalue weighted by molar-refractivity contribution is 5.73. The molecule has 0 saturated carbocycles. The van der Waals surface area contributed by atoms with Crippen LogP contribution in [0.4, 0.5) is 10.1 Å². The molecule has 1 amide bonds. The number of halogens is 1. The minimum Gasteiger partial charge on any atom is -0.354 e. The van der Waals surface area contributed by atoms with Crippen molar-refractivity contribution >= 4 is 11.6 Å². The molecule has 0 aliphatic carbocycles. The molecule has 0 spiro atoms. The maximum atomic E-state index is 14.0. The summed E-state index contributed by atoms with van der Waals surface area (Å²) in [5.74, 6) is -0.801. The maximum Gasteiger partial charge on any atom is 0.305 e. The molecule has 1 aliphatic rings. The summed E-state index contributed by atoms with van der Waals surface area (Å²) in [6.07, 6.45) is 1.60. The predicted octanol–water partition coefficient (Wildman–Crippen LogP) is 1.83. The van der Waals surface area contributed by atoms with Crippen LogP contribution in [0.2, 0.25) is 0 Å². The smallest absolute Gasteiger partial charge is 0.305 e. The number of carbonyl (C=O) groups excluding carboxylic acids is 1. The summed E-state index contributed by atoms with van der Waals surface area (Å²) in [4.78, 5) is 23.1. The summed E-state index contributed by atoms with van der Waals surface area (Å²) in [6, 6.07) is 4.40. The van der Waals surface area contributed by atoms with E-state index in [9.17, 15) is 19.3 Å². The van der Waals surface area contributed by atoms with E-state index in [4.69, 9.17) is 0 Å². The summed E-state index contributed by atoms with van der Waals surface area (Å²) in [5, 5.41) is 13.6. The van der Waals surface area contributed by atoms with Crippen LogP contribution in [0.5, 0.6) is 0 Å². The van der Waals surface area contributed by atoms with Gasteiger partial charge in [0.1, 0.15) is 0 Å². The molecule has 1 aliphatic heterocycles. The molecule has 1 heterocycles. The van der Waals surface area contributed by atoms with Crippen molar-refractivity contribution in [2.75, 3.05) is 13.1 Å². The highest BCUT2D eigenvalue weighted by Crippen LogP contribution is 2.22. The Morgan fingerprint density at radius 1 is 1.48 bits per heavy atom. The van der Waals surface area contributed by atoms with Crippen molar-refractivity contribution in [2.24, 2.45) is 0 Å². The molecular weight excluding hydrogens is 277 g/mol.